The van der Waals surface area contributed by atoms with Crippen molar-refractivity contribution in [3.63, 3.8) is 0 Å². The van der Waals surface area contributed by atoms with Crippen LogP contribution >= 0.6 is 22.7 Å². The SMILES string of the molecule is c1ccc(-c2cccc(-c3nc(-c4ccc(-c5nc(-c6cccc(-c7ccccc7)c6)c6sc7ccccc7c6n5)cc4)c4sc5ccccc5c4n3)c2)cc1. The first-order valence-electron chi connectivity index (χ1n) is 18.5. The summed E-state index contributed by atoms with van der Waals surface area (Å²) in [6.07, 6.45) is 0. The lowest BCUT2D eigenvalue weighted by Gasteiger charge is -2.11. The summed E-state index contributed by atoms with van der Waals surface area (Å²) < 4.78 is 4.56. The van der Waals surface area contributed by atoms with E-state index in [9.17, 15) is 0 Å². The molecule has 0 saturated heterocycles. The summed E-state index contributed by atoms with van der Waals surface area (Å²) in [4.78, 5) is 21.1. The number of thiophene rings is 2. The van der Waals surface area contributed by atoms with E-state index in [-0.39, 0.29) is 0 Å². The van der Waals surface area contributed by atoms with Crippen LogP contribution < -0.4 is 0 Å². The Morgan fingerprint density at radius 3 is 1.27 bits per heavy atom. The number of hydrogen-bond acceptors (Lipinski definition) is 6. The third-order valence-corrected chi connectivity index (χ3v) is 12.7. The number of nitrogens with zero attached hydrogens (tertiary/aromatic N) is 4. The van der Waals surface area contributed by atoms with E-state index in [1.807, 2.05) is 6.07 Å². The van der Waals surface area contributed by atoms with E-state index in [0.29, 0.717) is 11.6 Å². The molecule has 4 nitrogen and oxygen atoms in total. The first-order valence-corrected chi connectivity index (χ1v) is 20.2. The molecule has 4 heterocycles. The number of fused-ring (bicyclic) bond motifs is 6. The minimum absolute atomic E-state index is 0.695. The van der Waals surface area contributed by atoms with Gasteiger partial charge in [0.25, 0.3) is 0 Å². The van der Waals surface area contributed by atoms with E-state index >= 15 is 0 Å². The molecule has 0 aliphatic heterocycles. The minimum atomic E-state index is 0.695. The largest absolute Gasteiger partial charge is 0.226 e. The second kappa shape index (κ2) is 13.5. The van der Waals surface area contributed by atoms with Gasteiger partial charge in [-0.15, -0.1) is 22.7 Å². The van der Waals surface area contributed by atoms with Crippen LogP contribution in [0.4, 0.5) is 0 Å². The van der Waals surface area contributed by atoms with Crippen molar-refractivity contribution in [2.45, 2.75) is 0 Å². The van der Waals surface area contributed by atoms with Crippen LogP contribution in [0.5, 0.6) is 0 Å². The van der Waals surface area contributed by atoms with Gasteiger partial charge in [-0.2, -0.15) is 0 Å². The molecule has 0 unspecified atom stereocenters. The molecule has 0 aliphatic rings. The van der Waals surface area contributed by atoms with Gasteiger partial charge in [0.15, 0.2) is 11.6 Å². The molecule has 0 N–H and O–H groups in total. The van der Waals surface area contributed by atoms with Crippen molar-refractivity contribution in [3.8, 4) is 67.5 Å². The second-order valence-corrected chi connectivity index (χ2v) is 15.9. The molecule has 56 heavy (non-hydrogen) atoms. The fraction of sp³-hybridized carbons (Fsp3) is 0. The average Bonchev–Trinajstić information content (AvgIpc) is 3.85. The highest BCUT2D eigenvalue weighted by molar-refractivity contribution is 7.26. The van der Waals surface area contributed by atoms with Crippen molar-refractivity contribution in [1.29, 1.82) is 0 Å². The Kier molecular flexibility index (Phi) is 7.83. The Morgan fingerprint density at radius 1 is 0.286 bits per heavy atom. The van der Waals surface area contributed by atoms with Crippen LogP contribution in [0.1, 0.15) is 0 Å². The molecular weight excluding hydrogens is 721 g/mol. The maximum Gasteiger partial charge on any atom is 0.160 e. The summed E-state index contributed by atoms with van der Waals surface area (Å²) in [5.41, 5.74) is 12.5. The number of hydrogen-bond donors (Lipinski definition) is 0. The van der Waals surface area contributed by atoms with E-state index in [1.165, 1.54) is 15.0 Å². The fourth-order valence-electron chi connectivity index (χ4n) is 7.55. The molecule has 11 aromatic rings. The predicted octanol–water partition coefficient (Wildman–Crippen LogP) is 14.0. The lowest BCUT2D eigenvalue weighted by atomic mass is 10.0. The quantitative estimate of drug-likeness (QED) is 0.170. The van der Waals surface area contributed by atoms with Crippen LogP contribution in [0.2, 0.25) is 0 Å². The maximum absolute atomic E-state index is 5.32. The van der Waals surface area contributed by atoms with Gasteiger partial charge in [0.05, 0.1) is 31.8 Å². The standard InChI is InChI=1S/C50H30N4S2/c1-3-13-31(14-4-1)35-17-11-19-37(29-35)44-48-46(40-22-8-10-24-42(40)56-48)53-49(52-44)34-27-25-33(26-28-34)43-47-45(39-21-7-9-23-41(39)55-47)54-50(51-43)38-20-12-18-36(30-38)32-15-5-2-6-16-32/h1-30H. The van der Waals surface area contributed by atoms with Crippen molar-refractivity contribution in [2.24, 2.45) is 0 Å². The van der Waals surface area contributed by atoms with Crippen molar-refractivity contribution in [1.82, 2.24) is 19.9 Å². The summed E-state index contributed by atoms with van der Waals surface area (Å²) in [6.45, 7) is 0. The topological polar surface area (TPSA) is 51.6 Å². The predicted molar refractivity (Wildman–Crippen MR) is 236 cm³/mol. The van der Waals surface area contributed by atoms with Gasteiger partial charge in [0.1, 0.15) is 0 Å². The van der Waals surface area contributed by atoms with Crippen LogP contribution in [0.3, 0.4) is 0 Å². The van der Waals surface area contributed by atoms with Crippen molar-refractivity contribution >= 4 is 63.3 Å². The van der Waals surface area contributed by atoms with Gasteiger partial charge >= 0.3 is 0 Å². The molecule has 0 saturated carbocycles. The summed E-state index contributed by atoms with van der Waals surface area (Å²) in [7, 11) is 0. The molecule has 6 heteroatoms. The second-order valence-electron chi connectivity index (χ2n) is 13.8. The van der Waals surface area contributed by atoms with Crippen LogP contribution in [0.15, 0.2) is 182 Å². The van der Waals surface area contributed by atoms with Gasteiger partial charge in [-0.25, -0.2) is 19.9 Å². The van der Waals surface area contributed by atoms with Gasteiger partial charge in [-0.3, -0.25) is 0 Å². The Hall–Kier alpha value is -6.86. The molecule has 4 aromatic heterocycles. The minimum Gasteiger partial charge on any atom is -0.226 e. The third kappa shape index (κ3) is 5.66. The Bertz CT molecular complexity index is 3240. The molecule has 0 atom stereocenters. The molecule has 262 valence electrons. The zero-order valence-electron chi connectivity index (χ0n) is 29.9. The highest BCUT2D eigenvalue weighted by atomic mass is 32.1. The van der Waals surface area contributed by atoms with Crippen molar-refractivity contribution < 1.29 is 0 Å². The average molecular weight is 751 g/mol. The first-order chi connectivity index (χ1) is 27.7. The smallest absolute Gasteiger partial charge is 0.160 e. The van der Waals surface area contributed by atoms with Crippen LogP contribution in [0, 0.1) is 0 Å². The van der Waals surface area contributed by atoms with Crippen molar-refractivity contribution in [2.75, 3.05) is 0 Å². The van der Waals surface area contributed by atoms with Gasteiger partial charge in [0, 0.05) is 42.4 Å². The highest BCUT2D eigenvalue weighted by Crippen LogP contribution is 2.42. The van der Waals surface area contributed by atoms with Crippen LogP contribution in [-0.2, 0) is 0 Å². The van der Waals surface area contributed by atoms with E-state index < -0.39 is 0 Å². The molecule has 0 radical (unpaired) electrons. The normalized spacial score (nSPS) is 11.6. The van der Waals surface area contributed by atoms with Crippen LogP contribution in [0.25, 0.3) is 108 Å². The van der Waals surface area contributed by atoms with Gasteiger partial charge < -0.3 is 0 Å². The molecule has 7 aromatic carbocycles. The van der Waals surface area contributed by atoms with E-state index in [4.69, 9.17) is 19.9 Å². The van der Waals surface area contributed by atoms with E-state index in [1.54, 1.807) is 22.7 Å². The molecule has 0 spiro atoms. The lowest BCUT2D eigenvalue weighted by molar-refractivity contribution is 1.23. The molecule has 0 aliphatic carbocycles. The molecule has 11 rings (SSSR count). The Morgan fingerprint density at radius 2 is 0.696 bits per heavy atom. The first kappa shape index (κ1) is 32.6. The number of benzene rings is 7. The zero-order chi connectivity index (χ0) is 37.0. The molecule has 0 bridgehead atoms. The monoisotopic (exact) mass is 750 g/mol. The number of aromatic nitrogens is 4. The van der Waals surface area contributed by atoms with Crippen molar-refractivity contribution in [3.05, 3.63) is 182 Å². The molecule has 0 amide bonds. The van der Waals surface area contributed by atoms with Gasteiger partial charge in [0.2, 0.25) is 0 Å². The van der Waals surface area contributed by atoms with Gasteiger partial charge in [-0.05, 0) is 46.5 Å². The third-order valence-electron chi connectivity index (χ3n) is 10.3. The highest BCUT2D eigenvalue weighted by Gasteiger charge is 2.19. The lowest BCUT2D eigenvalue weighted by Crippen LogP contribution is -1.95. The Labute approximate surface area is 331 Å². The van der Waals surface area contributed by atoms with Crippen LogP contribution in [-0.4, -0.2) is 19.9 Å². The number of rotatable bonds is 6. The van der Waals surface area contributed by atoms with E-state index in [2.05, 4.69) is 176 Å². The fourth-order valence-corrected chi connectivity index (χ4v) is 9.86. The molecular formula is C50H30N4S2. The molecule has 0 fully saturated rings. The van der Waals surface area contributed by atoms with E-state index in [0.717, 1.165) is 81.5 Å². The summed E-state index contributed by atoms with van der Waals surface area (Å²) in [5, 5.41) is 2.28. The summed E-state index contributed by atoms with van der Waals surface area (Å²) in [6, 6.07) is 63.7. The van der Waals surface area contributed by atoms with Gasteiger partial charge in [-0.1, -0.05) is 158 Å². The zero-order valence-corrected chi connectivity index (χ0v) is 31.6. The maximum atomic E-state index is 5.32. The Balaban J connectivity index is 1.05. The summed E-state index contributed by atoms with van der Waals surface area (Å²) >= 11 is 3.49. The summed E-state index contributed by atoms with van der Waals surface area (Å²) in [5.74, 6) is 1.40.